The number of nitrogens with zero attached hydrogens (tertiary/aromatic N) is 2. The molecule has 144 valence electrons. The maximum atomic E-state index is 13.1. The van der Waals surface area contributed by atoms with Gasteiger partial charge >= 0.3 is 0 Å². The SMILES string of the molecule is Nc1ccc2c(c1)N(CC(=O)N1CCOCC1)C(=O)/C(=C\c1ccccc1)O2. The summed E-state index contributed by atoms with van der Waals surface area (Å²) in [5.74, 6) is 0.151. The van der Waals surface area contributed by atoms with Gasteiger partial charge in [-0.2, -0.15) is 0 Å². The Labute approximate surface area is 162 Å². The molecule has 0 aliphatic carbocycles. The second-order valence-corrected chi connectivity index (χ2v) is 6.63. The molecular formula is C21H21N3O4. The highest BCUT2D eigenvalue weighted by Gasteiger charge is 2.33. The van der Waals surface area contributed by atoms with E-state index >= 15 is 0 Å². The third-order valence-corrected chi connectivity index (χ3v) is 4.70. The lowest BCUT2D eigenvalue weighted by atomic mass is 10.1. The fourth-order valence-electron chi connectivity index (χ4n) is 3.23. The highest BCUT2D eigenvalue weighted by Crippen LogP contribution is 2.37. The zero-order chi connectivity index (χ0) is 19.5. The molecule has 0 atom stereocenters. The zero-order valence-electron chi connectivity index (χ0n) is 15.3. The van der Waals surface area contributed by atoms with Crippen molar-refractivity contribution >= 4 is 29.3 Å². The quantitative estimate of drug-likeness (QED) is 0.650. The number of carbonyl (C=O) groups excluding carboxylic acids is 2. The Morgan fingerprint density at radius 3 is 2.61 bits per heavy atom. The third kappa shape index (κ3) is 3.70. The van der Waals surface area contributed by atoms with Crippen LogP contribution in [0.3, 0.4) is 0 Å². The number of anilines is 2. The third-order valence-electron chi connectivity index (χ3n) is 4.70. The van der Waals surface area contributed by atoms with Crippen LogP contribution in [-0.2, 0) is 14.3 Å². The normalized spacial score (nSPS) is 18.0. The van der Waals surface area contributed by atoms with Gasteiger partial charge in [0.25, 0.3) is 5.91 Å². The Morgan fingerprint density at radius 1 is 1.11 bits per heavy atom. The number of amides is 2. The van der Waals surface area contributed by atoms with Gasteiger partial charge < -0.3 is 20.1 Å². The minimum Gasteiger partial charge on any atom is -0.449 e. The largest absolute Gasteiger partial charge is 0.449 e. The second-order valence-electron chi connectivity index (χ2n) is 6.63. The van der Waals surface area contributed by atoms with Gasteiger partial charge in [-0.3, -0.25) is 14.5 Å². The van der Waals surface area contributed by atoms with Crippen molar-refractivity contribution in [3.05, 3.63) is 59.9 Å². The summed E-state index contributed by atoms with van der Waals surface area (Å²) in [5, 5.41) is 0. The number of rotatable bonds is 3. The van der Waals surface area contributed by atoms with Crippen molar-refractivity contribution in [2.24, 2.45) is 0 Å². The number of fused-ring (bicyclic) bond motifs is 1. The summed E-state index contributed by atoms with van der Waals surface area (Å²) in [6.07, 6.45) is 1.67. The van der Waals surface area contributed by atoms with Gasteiger partial charge in [-0.05, 0) is 29.8 Å². The van der Waals surface area contributed by atoms with Crippen molar-refractivity contribution in [2.75, 3.05) is 43.5 Å². The van der Waals surface area contributed by atoms with Crippen LogP contribution in [0.25, 0.3) is 6.08 Å². The van der Waals surface area contributed by atoms with Gasteiger partial charge in [-0.15, -0.1) is 0 Å². The van der Waals surface area contributed by atoms with Crippen LogP contribution in [0.4, 0.5) is 11.4 Å². The van der Waals surface area contributed by atoms with Gasteiger partial charge in [0.1, 0.15) is 6.54 Å². The average molecular weight is 379 g/mol. The Hall–Kier alpha value is -3.32. The minimum absolute atomic E-state index is 0.0786. The number of morpholine rings is 1. The van der Waals surface area contributed by atoms with Crippen LogP contribution < -0.4 is 15.4 Å². The maximum Gasteiger partial charge on any atom is 0.294 e. The average Bonchev–Trinajstić information content (AvgIpc) is 2.73. The summed E-state index contributed by atoms with van der Waals surface area (Å²) in [6.45, 7) is 1.98. The zero-order valence-corrected chi connectivity index (χ0v) is 15.3. The standard InChI is InChI=1S/C21H21N3O4/c22-16-6-7-18-17(13-16)24(14-20(25)23-8-10-27-11-9-23)21(26)19(28-18)12-15-4-2-1-3-5-15/h1-7,12-13H,8-11,14,22H2/b19-12+. The number of carbonyl (C=O) groups is 2. The number of ether oxygens (including phenoxy) is 2. The predicted octanol–water partition coefficient (Wildman–Crippen LogP) is 1.89. The lowest BCUT2D eigenvalue weighted by Gasteiger charge is -2.33. The first-order chi connectivity index (χ1) is 13.6. The van der Waals surface area contributed by atoms with Gasteiger partial charge in [0.15, 0.2) is 11.5 Å². The van der Waals surface area contributed by atoms with E-state index in [1.165, 1.54) is 4.90 Å². The topological polar surface area (TPSA) is 85.1 Å². The van der Waals surface area contributed by atoms with Crippen LogP contribution in [-0.4, -0.2) is 49.6 Å². The summed E-state index contributed by atoms with van der Waals surface area (Å²) >= 11 is 0. The first kappa shape index (κ1) is 18.1. The van der Waals surface area contributed by atoms with Gasteiger partial charge in [-0.25, -0.2) is 0 Å². The van der Waals surface area contributed by atoms with Crippen LogP contribution in [0.1, 0.15) is 5.56 Å². The van der Waals surface area contributed by atoms with Crippen molar-refractivity contribution in [2.45, 2.75) is 0 Å². The van der Waals surface area contributed by atoms with E-state index in [1.807, 2.05) is 30.3 Å². The highest BCUT2D eigenvalue weighted by atomic mass is 16.5. The fourth-order valence-corrected chi connectivity index (χ4v) is 3.23. The van der Waals surface area contributed by atoms with Crippen LogP contribution in [0.2, 0.25) is 0 Å². The maximum absolute atomic E-state index is 13.1. The summed E-state index contributed by atoms with van der Waals surface area (Å²) in [6, 6.07) is 14.5. The molecule has 7 nitrogen and oxygen atoms in total. The molecule has 4 rings (SSSR count). The molecule has 1 fully saturated rings. The van der Waals surface area contributed by atoms with Gasteiger partial charge in [-0.1, -0.05) is 30.3 Å². The number of nitrogens with two attached hydrogens (primary N) is 1. The molecule has 0 bridgehead atoms. The fraction of sp³-hybridized carbons (Fsp3) is 0.238. The molecule has 0 unspecified atom stereocenters. The van der Waals surface area contributed by atoms with E-state index in [-0.39, 0.29) is 24.1 Å². The molecule has 2 aromatic rings. The first-order valence-electron chi connectivity index (χ1n) is 9.13. The van der Waals surface area contributed by atoms with Crippen LogP contribution >= 0.6 is 0 Å². The van der Waals surface area contributed by atoms with E-state index in [2.05, 4.69) is 0 Å². The summed E-state index contributed by atoms with van der Waals surface area (Å²) < 4.78 is 11.1. The molecule has 1 saturated heterocycles. The van der Waals surface area contributed by atoms with E-state index in [4.69, 9.17) is 15.2 Å². The Balaban J connectivity index is 1.66. The molecule has 2 N–H and O–H groups in total. The molecule has 7 heteroatoms. The van der Waals surface area contributed by atoms with Crippen LogP contribution in [0.15, 0.2) is 54.3 Å². The van der Waals surface area contributed by atoms with Crippen LogP contribution in [0, 0.1) is 0 Å². The molecule has 2 amide bonds. The van der Waals surface area contributed by atoms with E-state index < -0.39 is 0 Å². The van der Waals surface area contributed by atoms with Gasteiger partial charge in [0, 0.05) is 18.8 Å². The Morgan fingerprint density at radius 2 is 1.86 bits per heavy atom. The van der Waals surface area contributed by atoms with Crippen molar-refractivity contribution in [1.82, 2.24) is 4.90 Å². The number of hydrogen-bond donors (Lipinski definition) is 1. The molecule has 2 heterocycles. The highest BCUT2D eigenvalue weighted by molar-refractivity contribution is 6.12. The van der Waals surface area contributed by atoms with Gasteiger partial charge in [0.05, 0.1) is 18.9 Å². The van der Waals surface area contributed by atoms with Gasteiger partial charge in [0.2, 0.25) is 5.91 Å². The van der Waals surface area contributed by atoms with Crippen molar-refractivity contribution in [3.63, 3.8) is 0 Å². The van der Waals surface area contributed by atoms with E-state index in [1.54, 1.807) is 29.2 Å². The molecule has 0 aromatic heterocycles. The van der Waals surface area contributed by atoms with E-state index in [0.29, 0.717) is 43.4 Å². The number of benzene rings is 2. The lowest BCUT2D eigenvalue weighted by molar-refractivity contribution is -0.135. The number of hydrogen-bond acceptors (Lipinski definition) is 5. The smallest absolute Gasteiger partial charge is 0.294 e. The van der Waals surface area contributed by atoms with E-state index in [9.17, 15) is 9.59 Å². The molecule has 0 saturated carbocycles. The second kappa shape index (κ2) is 7.74. The molecular weight excluding hydrogens is 358 g/mol. The monoisotopic (exact) mass is 379 g/mol. The Kier molecular flexibility index (Phi) is 4.99. The predicted molar refractivity (Wildman–Crippen MR) is 106 cm³/mol. The summed E-state index contributed by atoms with van der Waals surface area (Å²) in [4.78, 5) is 29.0. The van der Waals surface area contributed by atoms with Crippen molar-refractivity contribution in [3.8, 4) is 5.75 Å². The summed E-state index contributed by atoms with van der Waals surface area (Å²) in [7, 11) is 0. The molecule has 2 aromatic carbocycles. The Bertz CT molecular complexity index is 921. The molecule has 2 aliphatic rings. The van der Waals surface area contributed by atoms with Crippen LogP contribution in [0.5, 0.6) is 5.75 Å². The number of nitrogen functional groups attached to an aromatic ring is 1. The summed E-state index contributed by atoms with van der Waals surface area (Å²) in [5.41, 5.74) is 7.73. The molecule has 2 aliphatic heterocycles. The van der Waals surface area contributed by atoms with Crippen molar-refractivity contribution < 1.29 is 19.1 Å². The minimum atomic E-state index is -0.372. The van der Waals surface area contributed by atoms with E-state index in [0.717, 1.165) is 5.56 Å². The molecule has 28 heavy (non-hydrogen) atoms. The first-order valence-corrected chi connectivity index (χ1v) is 9.13. The molecule has 0 spiro atoms. The molecule has 0 radical (unpaired) electrons. The van der Waals surface area contributed by atoms with Crippen molar-refractivity contribution in [1.29, 1.82) is 0 Å². The lowest BCUT2D eigenvalue weighted by Crippen LogP contribution is -2.48.